The molecule has 7 nitrogen and oxygen atoms in total. The van der Waals surface area contributed by atoms with Gasteiger partial charge in [-0.1, -0.05) is 26.8 Å². The molecule has 0 spiro atoms. The van der Waals surface area contributed by atoms with Crippen LogP contribution in [0, 0.1) is 5.92 Å². The molecule has 1 amide bonds. The third-order valence-corrected chi connectivity index (χ3v) is 9.74. The molecule has 4 aliphatic rings. The zero-order valence-electron chi connectivity index (χ0n) is 22.6. The summed E-state index contributed by atoms with van der Waals surface area (Å²) in [6.45, 7) is 10.5. The molecule has 1 aromatic carbocycles. The second kappa shape index (κ2) is 8.84. The number of phenolic OH excluding ortho intramolecular Hbond substituents is 1. The first-order valence-corrected chi connectivity index (χ1v) is 14.2. The molecule has 2 N–H and O–H groups in total. The van der Waals surface area contributed by atoms with Gasteiger partial charge in [-0.05, 0) is 85.2 Å². The van der Waals surface area contributed by atoms with Crippen LogP contribution in [0.3, 0.4) is 0 Å². The fourth-order valence-corrected chi connectivity index (χ4v) is 7.32. The molecule has 1 aromatic heterocycles. The number of fused-ring (bicyclic) bond motifs is 1. The highest BCUT2D eigenvalue weighted by Gasteiger charge is 2.64. The molecule has 6 rings (SSSR count). The topological polar surface area (TPSA) is 81.8 Å². The Morgan fingerprint density at radius 3 is 2.68 bits per heavy atom. The van der Waals surface area contributed by atoms with Crippen molar-refractivity contribution in [2.45, 2.75) is 94.7 Å². The summed E-state index contributed by atoms with van der Waals surface area (Å²) >= 11 is 0. The molecular weight excluding hydrogens is 464 g/mol. The fraction of sp³-hybridized carbons (Fsp3) is 0.667. The molecule has 7 heteroatoms. The summed E-state index contributed by atoms with van der Waals surface area (Å²) in [5.41, 5.74) is 1.85. The minimum atomic E-state index is -0.977. The number of carbonyl (C=O) groups is 1. The Balaban J connectivity index is 1.24. The lowest BCUT2D eigenvalue weighted by molar-refractivity contribution is -0.153. The monoisotopic (exact) mass is 506 g/mol. The summed E-state index contributed by atoms with van der Waals surface area (Å²) in [6.07, 6.45) is 9.89. The summed E-state index contributed by atoms with van der Waals surface area (Å²) in [5, 5.41) is 27.5. The van der Waals surface area contributed by atoms with Crippen LogP contribution in [0.2, 0.25) is 0 Å². The van der Waals surface area contributed by atoms with Crippen LogP contribution in [0.25, 0.3) is 0 Å². The average Bonchev–Trinajstić information content (AvgIpc) is 3.54. The van der Waals surface area contributed by atoms with Gasteiger partial charge in [-0.2, -0.15) is 5.10 Å². The second-order valence-electron chi connectivity index (χ2n) is 13.2. The summed E-state index contributed by atoms with van der Waals surface area (Å²) in [7, 11) is 0. The van der Waals surface area contributed by atoms with E-state index in [-0.39, 0.29) is 23.1 Å². The number of aromatic hydroxyl groups is 1. The zero-order chi connectivity index (χ0) is 26.0. The number of nitrogens with zero attached hydrogens (tertiary/aromatic N) is 4. The molecule has 2 bridgehead atoms. The van der Waals surface area contributed by atoms with Crippen LogP contribution < -0.4 is 0 Å². The molecule has 2 aliphatic carbocycles. The van der Waals surface area contributed by atoms with E-state index in [9.17, 15) is 15.0 Å². The van der Waals surface area contributed by atoms with E-state index < -0.39 is 11.0 Å². The van der Waals surface area contributed by atoms with Crippen molar-refractivity contribution in [3.8, 4) is 5.75 Å². The third kappa shape index (κ3) is 4.28. The largest absolute Gasteiger partial charge is 0.508 e. The molecule has 1 saturated carbocycles. The van der Waals surface area contributed by atoms with E-state index in [0.29, 0.717) is 25.9 Å². The predicted molar refractivity (Wildman–Crippen MR) is 142 cm³/mol. The van der Waals surface area contributed by atoms with Crippen molar-refractivity contribution in [3.05, 3.63) is 47.3 Å². The Morgan fingerprint density at radius 1 is 1.14 bits per heavy atom. The molecule has 37 heavy (non-hydrogen) atoms. The third-order valence-electron chi connectivity index (χ3n) is 9.74. The fourth-order valence-electron chi connectivity index (χ4n) is 7.32. The number of likely N-dealkylation sites (tertiary alicyclic amines) is 2. The van der Waals surface area contributed by atoms with E-state index in [0.717, 1.165) is 50.4 Å². The lowest BCUT2D eigenvalue weighted by Crippen LogP contribution is -2.71. The number of aryl methyl sites for hydroxylation is 1. The van der Waals surface area contributed by atoms with Gasteiger partial charge in [-0.25, -0.2) is 0 Å². The molecule has 0 radical (unpaired) electrons. The standard InChI is InChI=1S/C30H42N4O3/c1-28(2,3)23-18-31-34(20-23)12-4-11-32-14-10-30(37)26-15-22-7-8-24(35)16-25(22)29(30,17-27(32)36)9-13-33(26)19-21-5-6-21/h7-8,16,18,20-21,26,35,37H,4-6,9-15,17,19H2,1-3H3. The minimum absolute atomic E-state index is 0.0199. The molecular formula is C30H42N4O3. The number of hydrogen-bond acceptors (Lipinski definition) is 5. The van der Waals surface area contributed by atoms with Crippen molar-refractivity contribution >= 4 is 5.91 Å². The van der Waals surface area contributed by atoms with E-state index in [1.54, 1.807) is 6.07 Å². The van der Waals surface area contributed by atoms with E-state index in [1.165, 1.54) is 24.0 Å². The number of piperidine rings is 1. The van der Waals surface area contributed by atoms with Gasteiger partial charge in [-0.15, -0.1) is 0 Å². The van der Waals surface area contributed by atoms with Gasteiger partial charge in [0.25, 0.3) is 0 Å². The normalized spacial score (nSPS) is 30.1. The Kier molecular flexibility index (Phi) is 5.95. The highest BCUT2D eigenvalue weighted by Crippen LogP contribution is 2.57. The predicted octanol–water partition coefficient (Wildman–Crippen LogP) is 3.61. The number of benzene rings is 1. The first-order chi connectivity index (χ1) is 17.6. The van der Waals surface area contributed by atoms with Crippen molar-refractivity contribution in [1.29, 1.82) is 0 Å². The Labute approximate surface area is 220 Å². The van der Waals surface area contributed by atoms with Crippen LogP contribution >= 0.6 is 0 Å². The number of carbonyl (C=O) groups excluding carboxylic acids is 1. The van der Waals surface area contributed by atoms with Crippen molar-refractivity contribution in [1.82, 2.24) is 19.6 Å². The molecule has 2 aliphatic heterocycles. The van der Waals surface area contributed by atoms with E-state index in [2.05, 4.69) is 37.0 Å². The maximum absolute atomic E-state index is 13.8. The van der Waals surface area contributed by atoms with Crippen LogP contribution in [0.1, 0.15) is 76.0 Å². The van der Waals surface area contributed by atoms with Crippen LogP contribution in [0.4, 0.5) is 0 Å². The van der Waals surface area contributed by atoms with Crippen LogP contribution in [-0.4, -0.2) is 73.5 Å². The van der Waals surface area contributed by atoms with Crippen molar-refractivity contribution < 1.29 is 15.0 Å². The molecule has 3 heterocycles. The SMILES string of the molecule is CC(C)(C)c1cnn(CCCN2CCC3(O)C4Cc5ccc(O)cc5C3(CCN4CC3CC3)CC2=O)c1. The van der Waals surface area contributed by atoms with Crippen LogP contribution in [0.15, 0.2) is 30.6 Å². The average molecular weight is 507 g/mol. The summed E-state index contributed by atoms with van der Waals surface area (Å²) < 4.78 is 1.98. The lowest BCUT2D eigenvalue weighted by atomic mass is 9.52. The smallest absolute Gasteiger partial charge is 0.223 e. The van der Waals surface area contributed by atoms with E-state index >= 15 is 0 Å². The maximum Gasteiger partial charge on any atom is 0.223 e. The van der Waals surface area contributed by atoms with Gasteiger partial charge in [0.2, 0.25) is 5.91 Å². The molecule has 2 aromatic rings. The number of phenols is 1. The van der Waals surface area contributed by atoms with Crippen molar-refractivity contribution in [2.75, 3.05) is 26.2 Å². The van der Waals surface area contributed by atoms with Gasteiger partial charge in [0.05, 0.1) is 11.8 Å². The number of aromatic nitrogens is 2. The van der Waals surface area contributed by atoms with Gasteiger partial charge in [0.15, 0.2) is 0 Å². The summed E-state index contributed by atoms with van der Waals surface area (Å²) in [6, 6.07) is 5.63. The van der Waals surface area contributed by atoms with Gasteiger partial charge in [0.1, 0.15) is 5.75 Å². The summed E-state index contributed by atoms with van der Waals surface area (Å²) in [4.78, 5) is 18.3. The van der Waals surface area contributed by atoms with E-state index in [1.807, 2.05) is 27.9 Å². The molecule has 2 saturated heterocycles. The van der Waals surface area contributed by atoms with Crippen LogP contribution in [0.5, 0.6) is 5.75 Å². The number of rotatable bonds is 6. The molecule has 3 atom stereocenters. The Bertz CT molecular complexity index is 1180. The second-order valence-corrected chi connectivity index (χ2v) is 13.2. The zero-order valence-corrected chi connectivity index (χ0v) is 22.6. The van der Waals surface area contributed by atoms with Gasteiger partial charge in [-0.3, -0.25) is 14.4 Å². The number of amides is 1. The Hall–Kier alpha value is -2.38. The van der Waals surface area contributed by atoms with Gasteiger partial charge >= 0.3 is 0 Å². The summed E-state index contributed by atoms with van der Waals surface area (Å²) in [5.74, 6) is 1.09. The first-order valence-electron chi connectivity index (χ1n) is 14.2. The molecule has 3 fully saturated rings. The molecule has 200 valence electrons. The maximum atomic E-state index is 13.8. The number of hydrogen-bond donors (Lipinski definition) is 2. The van der Waals surface area contributed by atoms with Gasteiger partial charge < -0.3 is 15.1 Å². The van der Waals surface area contributed by atoms with E-state index in [4.69, 9.17) is 0 Å². The molecule has 3 unspecified atom stereocenters. The first kappa shape index (κ1) is 24.9. The number of aliphatic hydroxyl groups is 1. The van der Waals surface area contributed by atoms with Crippen molar-refractivity contribution in [3.63, 3.8) is 0 Å². The highest BCUT2D eigenvalue weighted by atomic mass is 16.3. The minimum Gasteiger partial charge on any atom is -0.508 e. The highest BCUT2D eigenvalue weighted by molar-refractivity contribution is 5.79. The lowest BCUT2D eigenvalue weighted by Gasteiger charge is -2.61. The van der Waals surface area contributed by atoms with Crippen molar-refractivity contribution in [2.24, 2.45) is 5.92 Å². The Morgan fingerprint density at radius 2 is 1.95 bits per heavy atom. The van der Waals surface area contributed by atoms with Gasteiger partial charge in [0, 0.05) is 50.3 Å². The van der Waals surface area contributed by atoms with Crippen LogP contribution in [-0.2, 0) is 28.6 Å². The quantitative estimate of drug-likeness (QED) is 0.626.